The number of sulfonamides is 1. The van der Waals surface area contributed by atoms with Gasteiger partial charge in [0.25, 0.3) is 15.9 Å². The Kier molecular flexibility index (Phi) is 4.16. The number of carbonyl (C=O) groups excluding carboxylic acids is 2. The smallest absolute Gasteiger partial charge is 0.319 e. The van der Waals surface area contributed by atoms with Crippen molar-refractivity contribution < 1.29 is 27.9 Å². The number of amides is 2. The third kappa shape index (κ3) is 2.91. The molecule has 0 aromatic heterocycles. The molecule has 1 aliphatic carbocycles. The maximum atomic E-state index is 12.3. The lowest BCUT2D eigenvalue weighted by atomic mass is 9.68. The van der Waals surface area contributed by atoms with Crippen LogP contribution in [0.5, 0.6) is 0 Å². The number of rotatable bonds is 5. The molecule has 0 aliphatic heterocycles. The topological polar surface area (TPSA) is 144 Å². The van der Waals surface area contributed by atoms with E-state index in [2.05, 4.69) is 0 Å². The Labute approximate surface area is 132 Å². The second-order valence-corrected chi connectivity index (χ2v) is 7.20. The molecule has 8 nitrogen and oxygen atoms in total. The first-order valence-corrected chi connectivity index (χ1v) is 8.29. The molecule has 0 saturated heterocycles. The molecule has 1 fully saturated rings. The number of nitrogens with two attached hydrogens (primary N) is 1. The molecular formula is C14H16N2O6S. The van der Waals surface area contributed by atoms with Crippen LogP contribution in [0, 0.1) is 12.3 Å². The van der Waals surface area contributed by atoms with Gasteiger partial charge < -0.3 is 10.8 Å². The minimum atomic E-state index is -4.30. The van der Waals surface area contributed by atoms with E-state index >= 15 is 0 Å². The maximum Gasteiger partial charge on any atom is 0.319 e. The zero-order valence-electron chi connectivity index (χ0n) is 12.3. The SMILES string of the molecule is Cc1ccc(S(=O)(=O)NC(=O)C2(C(=O)O)CCC2)cc1C(N)=O. The number of aryl methyl sites for hydroxylation is 1. The third-order valence-electron chi connectivity index (χ3n) is 4.06. The zero-order valence-corrected chi connectivity index (χ0v) is 13.1. The number of nitrogens with one attached hydrogen (secondary N) is 1. The molecule has 124 valence electrons. The molecule has 0 spiro atoms. The minimum Gasteiger partial charge on any atom is -0.480 e. The van der Waals surface area contributed by atoms with Crippen LogP contribution in [-0.2, 0) is 19.6 Å². The molecule has 0 heterocycles. The van der Waals surface area contributed by atoms with Gasteiger partial charge in [-0.1, -0.05) is 12.5 Å². The monoisotopic (exact) mass is 340 g/mol. The van der Waals surface area contributed by atoms with Gasteiger partial charge in [-0.3, -0.25) is 14.4 Å². The van der Waals surface area contributed by atoms with E-state index < -0.39 is 33.2 Å². The lowest BCUT2D eigenvalue weighted by Gasteiger charge is -2.35. The Balaban J connectivity index is 2.33. The van der Waals surface area contributed by atoms with Crippen LogP contribution in [0.4, 0.5) is 0 Å². The van der Waals surface area contributed by atoms with E-state index in [0.29, 0.717) is 12.0 Å². The van der Waals surface area contributed by atoms with Crippen LogP contribution in [0.1, 0.15) is 35.2 Å². The third-order valence-corrected chi connectivity index (χ3v) is 5.39. The van der Waals surface area contributed by atoms with Gasteiger partial charge in [-0.2, -0.15) is 0 Å². The summed E-state index contributed by atoms with van der Waals surface area (Å²) in [6, 6.07) is 3.66. The van der Waals surface area contributed by atoms with E-state index in [1.807, 2.05) is 0 Å². The van der Waals surface area contributed by atoms with Crippen molar-refractivity contribution in [3.63, 3.8) is 0 Å². The van der Waals surface area contributed by atoms with Gasteiger partial charge in [0.1, 0.15) is 5.41 Å². The largest absolute Gasteiger partial charge is 0.480 e. The van der Waals surface area contributed by atoms with Gasteiger partial charge in [0.2, 0.25) is 5.91 Å². The lowest BCUT2D eigenvalue weighted by molar-refractivity contribution is -0.161. The van der Waals surface area contributed by atoms with Gasteiger partial charge in [0, 0.05) is 5.56 Å². The first-order chi connectivity index (χ1) is 10.6. The van der Waals surface area contributed by atoms with Crippen molar-refractivity contribution >= 4 is 27.8 Å². The first-order valence-electron chi connectivity index (χ1n) is 6.81. The second-order valence-electron chi connectivity index (χ2n) is 5.52. The number of hydrogen-bond acceptors (Lipinski definition) is 5. The fourth-order valence-electron chi connectivity index (χ4n) is 2.38. The molecule has 9 heteroatoms. The van der Waals surface area contributed by atoms with Crippen molar-refractivity contribution in [2.75, 3.05) is 0 Å². The normalized spacial score (nSPS) is 16.2. The highest BCUT2D eigenvalue weighted by Crippen LogP contribution is 2.41. The summed E-state index contributed by atoms with van der Waals surface area (Å²) < 4.78 is 26.3. The van der Waals surface area contributed by atoms with Crippen molar-refractivity contribution in [1.29, 1.82) is 0 Å². The molecule has 1 saturated carbocycles. The summed E-state index contributed by atoms with van der Waals surface area (Å²) in [5.41, 5.74) is 3.97. The number of benzene rings is 1. The van der Waals surface area contributed by atoms with Gasteiger partial charge in [0.05, 0.1) is 4.90 Å². The number of carboxylic acids is 1. The number of primary amides is 1. The van der Waals surface area contributed by atoms with E-state index in [1.54, 1.807) is 11.6 Å². The highest BCUT2D eigenvalue weighted by Gasteiger charge is 2.52. The molecule has 1 aliphatic rings. The second kappa shape index (κ2) is 5.65. The van der Waals surface area contributed by atoms with Gasteiger partial charge in [-0.05, 0) is 37.5 Å². The fraction of sp³-hybridized carbons (Fsp3) is 0.357. The summed E-state index contributed by atoms with van der Waals surface area (Å²) in [7, 11) is -4.30. The summed E-state index contributed by atoms with van der Waals surface area (Å²) in [4.78, 5) is 34.3. The Morgan fingerprint density at radius 3 is 2.30 bits per heavy atom. The first kappa shape index (κ1) is 16.9. The summed E-state index contributed by atoms with van der Waals surface area (Å²) in [5.74, 6) is -3.22. The lowest BCUT2D eigenvalue weighted by Crippen LogP contribution is -2.52. The summed E-state index contributed by atoms with van der Waals surface area (Å²) >= 11 is 0. The fourth-order valence-corrected chi connectivity index (χ4v) is 3.46. The maximum absolute atomic E-state index is 12.3. The Morgan fingerprint density at radius 1 is 1.26 bits per heavy atom. The predicted molar refractivity (Wildman–Crippen MR) is 78.9 cm³/mol. The molecule has 0 bridgehead atoms. The average molecular weight is 340 g/mol. The van der Waals surface area contributed by atoms with E-state index in [1.165, 1.54) is 12.1 Å². The molecule has 0 unspecified atom stereocenters. The molecular weight excluding hydrogens is 324 g/mol. The summed E-state index contributed by atoms with van der Waals surface area (Å²) in [5, 5.41) is 9.16. The van der Waals surface area contributed by atoms with Crippen molar-refractivity contribution in [2.24, 2.45) is 11.1 Å². The van der Waals surface area contributed by atoms with Crippen LogP contribution in [-0.4, -0.2) is 31.3 Å². The molecule has 0 atom stereocenters. The zero-order chi connectivity index (χ0) is 17.4. The summed E-state index contributed by atoms with van der Waals surface area (Å²) in [6.07, 6.45) is 0.713. The van der Waals surface area contributed by atoms with E-state index in [-0.39, 0.29) is 23.3 Å². The van der Waals surface area contributed by atoms with Gasteiger partial charge in [0.15, 0.2) is 0 Å². The van der Waals surface area contributed by atoms with E-state index in [4.69, 9.17) is 10.8 Å². The predicted octanol–water partition coefficient (Wildman–Crippen LogP) is 0.154. The van der Waals surface area contributed by atoms with Crippen LogP contribution in [0.25, 0.3) is 0 Å². The van der Waals surface area contributed by atoms with Crippen LogP contribution in [0.3, 0.4) is 0 Å². The summed E-state index contributed by atoms with van der Waals surface area (Å²) in [6.45, 7) is 1.59. The molecule has 23 heavy (non-hydrogen) atoms. The Morgan fingerprint density at radius 2 is 1.87 bits per heavy atom. The average Bonchev–Trinajstić information content (AvgIpc) is 2.35. The van der Waals surface area contributed by atoms with E-state index in [0.717, 1.165) is 6.07 Å². The highest BCUT2D eigenvalue weighted by atomic mass is 32.2. The molecule has 1 aromatic rings. The number of aliphatic carboxylic acids is 1. The molecule has 2 rings (SSSR count). The Bertz CT molecular complexity index is 795. The molecule has 2 amide bonds. The molecule has 0 radical (unpaired) electrons. The quantitative estimate of drug-likeness (QED) is 0.651. The van der Waals surface area contributed by atoms with Crippen LogP contribution < -0.4 is 10.5 Å². The molecule has 1 aromatic carbocycles. The highest BCUT2D eigenvalue weighted by molar-refractivity contribution is 7.90. The van der Waals surface area contributed by atoms with Crippen molar-refractivity contribution in [3.05, 3.63) is 29.3 Å². The van der Waals surface area contributed by atoms with E-state index in [9.17, 15) is 22.8 Å². The van der Waals surface area contributed by atoms with Crippen molar-refractivity contribution in [3.8, 4) is 0 Å². The number of hydrogen-bond donors (Lipinski definition) is 3. The van der Waals surface area contributed by atoms with Gasteiger partial charge in [-0.25, -0.2) is 13.1 Å². The minimum absolute atomic E-state index is 0.0110. The van der Waals surface area contributed by atoms with Crippen molar-refractivity contribution in [1.82, 2.24) is 4.72 Å². The van der Waals surface area contributed by atoms with Crippen molar-refractivity contribution in [2.45, 2.75) is 31.1 Å². The van der Waals surface area contributed by atoms with Gasteiger partial charge >= 0.3 is 5.97 Å². The number of carbonyl (C=O) groups is 3. The van der Waals surface area contributed by atoms with Crippen LogP contribution >= 0.6 is 0 Å². The van der Waals surface area contributed by atoms with Crippen LogP contribution in [0.2, 0.25) is 0 Å². The number of carboxylic acid groups (broad SMARTS) is 1. The Hall–Kier alpha value is -2.42. The van der Waals surface area contributed by atoms with Crippen LogP contribution in [0.15, 0.2) is 23.1 Å². The standard InChI is InChI=1S/C14H16N2O6S/c1-8-3-4-9(7-10(8)11(15)17)23(21,22)16-12(18)14(13(19)20)5-2-6-14/h3-4,7H,2,5-6H2,1H3,(H2,15,17)(H,16,18)(H,19,20). The molecule has 4 N–H and O–H groups in total. The van der Waals surface area contributed by atoms with Gasteiger partial charge in [-0.15, -0.1) is 0 Å².